The van der Waals surface area contributed by atoms with Crippen LogP contribution in [0.2, 0.25) is 0 Å². The topological polar surface area (TPSA) is 81.1 Å². The molecule has 0 spiro atoms. The van der Waals surface area contributed by atoms with Crippen LogP contribution in [-0.2, 0) is 4.79 Å². The molecule has 0 aliphatic carbocycles. The second-order valence-electron chi connectivity index (χ2n) is 7.48. The van der Waals surface area contributed by atoms with Gasteiger partial charge in [0.2, 0.25) is 5.91 Å². The van der Waals surface area contributed by atoms with Gasteiger partial charge in [-0.25, -0.2) is 4.98 Å². The Kier molecular flexibility index (Phi) is 6.88. The Balaban J connectivity index is 1.67. The van der Waals surface area contributed by atoms with E-state index in [2.05, 4.69) is 58.6 Å². The van der Waals surface area contributed by atoms with Crippen LogP contribution in [0, 0.1) is 17.2 Å². The molecule has 6 nitrogen and oxygen atoms in total. The van der Waals surface area contributed by atoms with Gasteiger partial charge in [-0.2, -0.15) is 5.26 Å². The van der Waals surface area contributed by atoms with E-state index in [1.54, 1.807) is 0 Å². The molecule has 3 rings (SSSR count). The first kappa shape index (κ1) is 20.2. The summed E-state index contributed by atoms with van der Waals surface area (Å²) in [6, 6.07) is 10.1. The lowest BCUT2D eigenvalue weighted by atomic mass is 10.0. The number of thiazole rings is 1. The third-order valence-corrected chi connectivity index (χ3v) is 5.57. The SMILES string of the molecule is CC(C)C[C@H](Nc1nc(-c2ccc(N3CCCC3)cc2)cs1)C(=O)NCC#N. The van der Waals surface area contributed by atoms with E-state index in [-0.39, 0.29) is 12.5 Å². The van der Waals surface area contributed by atoms with Crippen molar-refractivity contribution in [1.29, 1.82) is 5.26 Å². The highest BCUT2D eigenvalue weighted by Crippen LogP contribution is 2.28. The third-order valence-electron chi connectivity index (χ3n) is 4.80. The minimum atomic E-state index is -0.398. The fraction of sp³-hybridized carbons (Fsp3) is 0.476. The zero-order chi connectivity index (χ0) is 19.9. The van der Waals surface area contributed by atoms with Crippen LogP contribution >= 0.6 is 11.3 Å². The van der Waals surface area contributed by atoms with Crippen LogP contribution in [0.5, 0.6) is 0 Å². The highest BCUT2D eigenvalue weighted by molar-refractivity contribution is 7.14. The molecule has 0 saturated carbocycles. The Morgan fingerprint density at radius 2 is 2.00 bits per heavy atom. The summed E-state index contributed by atoms with van der Waals surface area (Å²) in [6.07, 6.45) is 3.21. The molecule has 0 unspecified atom stereocenters. The zero-order valence-electron chi connectivity index (χ0n) is 16.4. The van der Waals surface area contributed by atoms with Gasteiger partial charge in [-0.05, 0) is 37.3 Å². The number of nitrogens with zero attached hydrogens (tertiary/aromatic N) is 3. The lowest BCUT2D eigenvalue weighted by Crippen LogP contribution is -2.40. The molecule has 1 aliphatic rings. The minimum absolute atomic E-state index is 0.0155. The molecule has 1 atom stereocenters. The van der Waals surface area contributed by atoms with Crippen molar-refractivity contribution in [2.24, 2.45) is 5.92 Å². The Hall–Kier alpha value is -2.59. The maximum absolute atomic E-state index is 12.3. The maximum atomic E-state index is 12.3. The van der Waals surface area contributed by atoms with E-state index in [9.17, 15) is 4.79 Å². The van der Waals surface area contributed by atoms with Crippen molar-refractivity contribution in [2.45, 2.75) is 39.2 Å². The van der Waals surface area contributed by atoms with Gasteiger partial charge in [0.05, 0.1) is 11.8 Å². The number of hydrogen-bond acceptors (Lipinski definition) is 6. The van der Waals surface area contributed by atoms with Crippen molar-refractivity contribution in [2.75, 3.05) is 29.9 Å². The highest BCUT2D eigenvalue weighted by atomic mass is 32.1. The van der Waals surface area contributed by atoms with E-state index in [1.807, 2.05) is 11.4 Å². The van der Waals surface area contributed by atoms with Gasteiger partial charge in [0.1, 0.15) is 12.6 Å². The predicted molar refractivity (Wildman–Crippen MR) is 114 cm³/mol. The molecule has 2 aromatic rings. The second kappa shape index (κ2) is 9.56. The maximum Gasteiger partial charge on any atom is 0.243 e. The monoisotopic (exact) mass is 397 g/mol. The molecule has 1 aliphatic heterocycles. The Labute approximate surface area is 170 Å². The molecule has 148 valence electrons. The van der Waals surface area contributed by atoms with Crippen molar-refractivity contribution < 1.29 is 4.79 Å². The Bertz CT molecular complexity index is 818. The summed E-state index contributed by atoms with van der Waals surface area (Å²) >= 11 is 1.49. The van der Waals surface area contributed by atoms with Crippen molar-refractivity contribution in [3.05, 3.63) is 29.6 Å². The van der Waals surface area contributed by atoms with Gasteiger partial charge in [0.25, 0.3) is 0 Å². The summed E-state index contributed by atoms with van der Waals surface area (Å²) in [5, 5.41) is 17.3. The number of benzene rings is 1. The quantitative estimate of drug-likeness (QED) is 0.661. The van der Waals surface area contributed by atoms with Gasteiger partial charge in [-0.3, -0.25) is 4.79 Å². The first-order chi connectivity index (χ1) is 13.6. The molecule has 1 saturated heterocycles. The first-order valence-corrected chi connectivity index (χ1v) is 10.7. The molecule has 1 fully saturated rings. The van der Waals surface area contributed by atoms with Gasteiger partial charge in [0, 0.05) is 29.7 Å². The Morgan fingerprint density at radius 1 is 1.29 bits per heavy atom. The van der Waals surface area contributed by atoms with Crippen LogP contribution in [0.15, 0.2) is 29.6 Å². The number of aromatic nitrogens is 1. The minimum Gasteiger partial charge on any atom is -0.372 e. The Morgan fingerprint density at radius 3 is 2.64 bits per heavy atom. The van der Waals surface area contributed by atoms with E-state index < -0.39 is 6.04 Å². The molecule has 28 heavy (non-hydrogen) atoms. The summed E-state index contributed by atoms with van der Waals surface area (Å²) in [5.41, 5.74) is 3.24. The second-order valence-corrected chi connectivity index (χ2v) is 8.34. The number of nitriles is 1. The van der Waals surface area contributed by atoms with E-state index in [1.165, 1.54) is 29.9 Å². The van der Waals surface area contributed by atoms with Gasteiger partial charge in [0.15, 0.2) is 5.13 Å². The van der Waals surface area contributed by atoms with Crippen LogP contribution in [0.3, 0.4) is 0 Å². The molecule has 1 aromatic carbocycles. The number of rotatable bonds is 8. The number of carbonyl (C=O) groups is 1. The van der Waals surface area contributed by atoms with Gasteiger partial charge >= 0.3 is 0 Å². The summed E-state index contributed by atoms with van der Waals surface area (Å²) in [4.78, 5) is 19.4. The van der Waals surface area contributed by atoms with Gasteiger partial charge < -0.3 is 15.5 Å². The van der Waals surface area contributed by atoms with Crippen LogP contribution in [0.4, 0.5) is 10.8 Å². The largest absolute Gasteiger partial charge is 0.372 e. The number of nitrogens with one attached hydrogen (secondary N) is 2. The number of hydrogen-bond donors (Lipinski definition) is 2. The average Bonchev–Trinajstić information content (AvgIpc) is 3.37. The predicted octanol–water partition coefficient (Wildman–Crippen LogP) is 3.88. The fourth-order valence-electron chi connectivity index (χ4n) is 3.39. The number of carbonyl (C=O) groups excluding carboxylic acids is 1. The van der Waals surface area contributed by atoms with Crippen LogP contribution in [0.25, 0.3) is 11.3 Å². The standard InChI is InChI=1S/C21H27N5OS/c1-15(2)13-18(20(27)23-10-9-22)24-21-25-19(14-28-21)16-5-7-17(8-6-16)26-11-3-4-12-26/h5-8,14-15,18H,3-4,10-13H2,1-2H3,(H,23,27)(H,24,25)/t18-/m0/s1. The lowest BCUT2D eigenvalue weighted by molar-refractivity contribution is -0.121. The van der Waals surface area contributed by atoms with Gasteiger partial charge in [-0.1, -0.05) is 26.0 Å². The third kappa shape index (κ3) is 5.23. The van der Waals surface area contributed by atoms with E-state index in [0.717, 1.165) is 29.5 Å². The van der Waals surface area contributed by atoms with E-state index >= 15 is 0 Å². The summed E-state index contributed by atoms with van der Waals surface area (Å²) < 4.78 is 0. The highest BCUT2D eigenvalue weighted by Gasteiger charge is 2.21. The summed E-state index contributed by atoms with van der Waals surface area (Å²) in [6.45, 7) is 6.43. The molecule has 1 aromatic heterocycles. The lowest BCUT2D eigenvalue weighted by Gasteiger charge is -2.19. The molecule has 1 amide bonds. The molecule has 0 radical (unpaired) electrons. The molecular weight excluding hydrogens is 370 g/mol. The van der Waals surface area contributed by atoms with Crippen molar-refractivity contribution >= 4 is 28.1 Å². The average molecular weight is 398 g/mol. The smallest absolute Gasteiger partial charge is 0.243 e. The molecule has 2 N–H and O–H groups in total. The normalized spacial score (nSPS) is 14.7. The summed E-state index contributed by atoms with van der Waals surface area (Å²) in [5.74, 6) is 0.185. The number of anilines is 2. The fourth-order valence-corrected chi connectivity index (χ4v) is 4.17. The van der Waals surface area contributed by atoms with Crippen LogP contribution < -0.4 is 15.5 Å². The molecule has 2 heterocycles. The molecular formula is C21H27N5OS. The van der Waals surface area contributed by atoms with Gasteiger partial charge in [-0.15, -0.1) is 11.3 Å². The molecule has 7 heteroatoms. The number of amides is 1. The van der Waals surface area contributed by atoms with Crippen LogP contribution in [-0.4, -0.2) is 36.6 Å². The van der Waals surface area contributed by atoms with Crippen molar-refractivity contribution in [3.63, 3.8) is 0 Å². The first-order valence-electron chi connectivity index (χ1n) is 9.79. The van der Waals surface area contributed by atoms with Crippen LogP contribution in [0.1, 0.15) is 33.1 Å². The van der Waals surface area contributed by atoms with Crippen molar-refractivity contribution in [3.8, 4) is 17.3 Å². The zero-order valence-corrected chi connectivity index (χ0v) is 17.3. The summed E-state index contributed by atoms with van der Waals surface area (Å²) in [7, 11) is 0. The van der Waals surface area contributed by atoms with E-state index in [4.69, 9.17) is 5.26 Å². The van der Waals surface area contributed by atoms with E-state index in [0.29, 0.717) is 12.3 Å². The molecule has 0 bridgehead atoms. The van der Waals surface area contributed by atoms with Crippen molar-refractivity contribution in [1.82, 2.24) is 10.3 Å².